The van der Waals surface area contributed by atoms with Gasteiger partial charge in [-0.2, -0.15) is 0 Å². The van der Waals surface area contributed by atoms with Crippen LogP contribution in [0, 0.1) is 0 Å². The van der Waals surface area contributed by atoms with Gasteiger partial charge in [0.25, 0.3) is 0 Å². The van der Waals surface area contributed by atoms with Crippen LogP contribution in [0.1, 0.15) is 0 Å². The molecule has 0 fully saturated rings. The Morgan fingerprint density at radius 2 is 0.724 bits per heavy atom. The van der Waals surface area contributed by atoms with E-state index in [4.69, 9.17) is 0 Å². The van der Waals surface area contributed by atoms with Gasteiger partial charge in [-0.15, -0.1) is 0 Å². The van der Waals surface area contributed by atoms with Gasteiger partial charge in [-0.3, -0.25) is 0 Å². The van der Waals surface area contributed by atoms with E-state index >= 15 is 0 Å². The fourth-order valence-corrected chi connectivity index (χ4v) is 9.12. The molecule has 1 aromatic heterocycles. The maximum absolute atomic E-state index is 2.43. The van der Waals surface area contributed by atoms with Gasteiger partial charge in [0.05, 0.1) is 11.0 Å². The highest BCUT2D eigenvalue weighted by molar-refractivity contribution is 6.28. The normalized spacial score (nSPS) is 11.4. The number of nitrogens with zero attached hydrogens (tertiary/aromatic N) is 2. The van der Waals surface area contributed by atoms with Crippen LogP contribution in [0.15, 0.2) is 231 Å². The summed E-state index contributed by atoms with van der Waals surface area (Å²) in [5.74, 6) is 0. The van der Waals surface area contributed by atoms with Crippen molar-refractivity contribution in [3.8, 4) is 39.1 Å². The number of benzene rings is 10. The first-order chi connectivity index (χ1) is 28.8. The van der Waals surface area contributed by atoms with Crippen molar-refractivity contribution < 1.29 is 0 Å². The molecule has 0 aliphatic rings. The van der Waals surface area contributed by atoms with E-state index < -0.39 is 0 Å². The maximum atomic E-state index is 2.43. The van der Waals surface area contributed by atoms with Crippen molar-refractivity contribution in [2.75, 3.05) is 4.90 Å². The third kappa shape index (κ3) is 5.50. The smallest absolute Gasteiger partial charge is 0.0547 e. The summed E-state index contributed by atoms with van der Waals surface area (Å²) in [5.41, 5.74) is 14.2. The summed E-state index contributed by atoms with van der Waals surface area (Å²) in [6.07, 6.45) is 0. The molecule has 10 aromatic carbocycles. The Morgan fingerprint density at radius 3 is 1.29 bits per heavy atom. The number of hydrogen-bond donors (Lipinski definition) is 0. The molecule has 0 amide bonds. The molecular formula is C56H38N2. The molecule has 0 spiro atoms. The van der Waals surface area contributed by atoms with E-state index in [1.54, 1.807) is 0 Å². The van der Waals surface area contributed by atoms with E-state index in [1.807, 2.05) is 0 Å². The van der Waals surface area contributed by atoms with E-state index in [1.165, 1.54) is 76.7 Å². The summed E-state index contributed by atoms with van der Waals surface area (Å²) >= 11 is 0. The SMILES string of the molecule is c1ccc(-c2c3ccccc3c(-c3c(-c4ccc(N(c5ccccc5)c5ccccc5)cc4)ccc4c3c3ccccc3n4-c3ccccc3)c3ccccc23)cc1. The minimum Gasteiger partial charge on any atom is -0.311 e. The number of rotatable bonds is 7. The van der Waals surface area contributed by atoms with Gasteiger partial charge in [0.1, 0.15) is 0 Å². The lowest BCUT2D eigenvalue weighted by molar-refractivity contribution is 1.18. The Hall–Kier alpha value is -7.68. The molecule has 11 aromatic rings. The summed E-state index contributed by atoms with van der Waals surface area (Å²) in [6, 6.07) is 83.6. The standard InChI is InChI=1S/C56H38N2/c1-5-19-40(20-6-1)53-46-27-13-15-29-48(46)54(49-30-16-14-28-47(49)53)56-45(37-38-52-55(56)50-31-17-18-32-51(50)58(52)43-25-11-4-12-26-43)39-33-35-44(36-34-39)57(41-21-7-2-8-22-41)42-23-9-3-10-24-42/h1-38H. The van der Waals surface area contributed by atoms with E-state index in [2.05, 4.69) is 240 Å². The van der Waals surface area contributed by atoms with Gasteiger partial charge in [-0.25, -0.2) is 0 Å². The summed E-state index contributed by atoms with van der Waals surface area (Å²) < 4.78 is 2.43. The summed E-state index contributed by atoms with van der Waals surface area (Å²) in [6.45, 7) is 0. The molecular weight excluding hydrogens is 701 g/mol. The third-order valence-corrected chi connectivity index (χ3v) is 11.6. The molecule has 1 heterocycles. The number of aromatic nitrogens is 1. The number of para-hydroxylation sites is 4. The molecule has 0 N–H and O–H groups in total. The molecule has 0 bridgehead atoms. The first-order valence-corrected chi connectivity index (χ1v) is 19.9. The molecule has 0 unspecified atom stereocenters. The van der Waals surface area contributed by atoms with Crippen LogP contribution in [0.5, 0.6) is 0 Å². The van der Waals surface area contributed by atoms with Crippen molar-refractivity contribution >= 4 is 60.4 Å². The second-order valence-corrected chi connectivity index (χ2v) is 14.8. The molecule has 0 aliphatic carbocycles. The average Bonchev–Trinajstić information content (AvgIpc) is 3.64. The van der Waals surface area contributed by atoms with Crippen molar-refractivity contribution in [1.29, 1.82) is 0 Å². The first kappa shape index (κ1) is 33.6. The lowest BCUT2D eigenvalue weighted by Crippen LogP contribution is -2.09. The van der Waals surface area contributed by atoms with Crippen LogP contribution in [-0.2, 0) is 0 Å². The quantitative estimate of drug-likeness (QED) is 0.148. The zero-order valence-corrected chi connectivity index (χ0v) is 31.8. The molecule has 0 saturated carbocycles. The van der Waals surface area contributed by atoms with Crippen LogP contribution in [0.4, 0.5) is 17.1 Å². The predicted molar refractivity (Wildman–Crippen MR) is 247 cm³/mol. The van der Waals surface area contributed by atoms with Crippen molar-refractivity contribution in [2.24, 2.45) is 0 Å². The lowest BCUT2D eigenvalue weighted by atomic mass is 9.82. The first-order valence-electron chi connectivity index (χ1n) is 19.9. The second kappa shape index (κ2) is 14.1. The molecule has 0 aliphatic heterocycles. The van der Waals surface area contributed by atoms with Crippen LogP contribution in [-0.4, -0.2) is 4.57 Å². The van der Waals surface area contributed by atoms with Gasteiger partial charge >= 0.3 is 0 Å². The Balaban J connectivity index is 1.24. The molecule has 2 heteroatoms. The minimum atomic E-state index is 1.10. The number of fused-ring (bicyclic) bond motifs is 5. The highest BCUT2D eigenvalue weighted by Crippen LogP contribution is 2.51. The Kier molecular flexibility index (Phi) is 8.19. The highest BCUT2D eigenvalue weighted by Gasteiger charge is 2.25. The Bertz CT molecular complexity index is 3140. The van der Waals surface area contributed by atoms with Crippen LogP contribution < -0.4 is 4.90 Å². The van der Waals surface area contributed by atoms with E-state index in [9.17, 15) is 0 Å². The van der Waals surface area contributed by atoms with Crippen LogP contribution >= 0.6 is 0 Å². The minimum absolute atomic E-state index is 1.10. The van der Waals surface area contributed by atoms with Gasteiger partial charge in [0, 0.05) is 39.1 Å². The van der Waals surface area contributed by atoms with Crippen molar-refractivity contribution in [3.05, 3.63) is 231 Å². The number of anilines is 3. The van der Waals surface area contributed by atoms with Crippen molar-refractivity contribution in [3.63, 3.8) is 0 Å². The lowest BCUT2D eigenvalue weighted by Gasteiger charge is -2.26. The predicted octanol–water partition coefficient (Wildman–Crippen LogP) is 15.6. The maximum Gasteiger partial charge on any atom is 0.0547 e. The van der Waals surface area contributed by atoms with E-state index in [-0.39, 0.29) is 0 Å². The van der Waals surface area contributed by atoms with Gasteiger partial charge in [-0.05, 0) is 110 Å². The molecule has 11 rings (SSSR count). The molecule has 58 heavy (non-hydrogen) atoms. The highest BCUT2D eigenvalue weighted by atomic mass is 15.1. The molecule has 0 atom stereocenters. The van der Waals surface area contributed by atoms with Gasteiger partial charge < -0.3 is 9.47 Å². The fraction of sp³-hybridized carbons (Fsp3) is 0. The average molecular weight is 739 g/mol. The zero-order chi connectivity index (χ0) is 38.4. The monoisotopic (exact) mass is 738 g/mol. The zero-order valence-electron chi connectivity index (χ0n) is 31.8. The molecule has 272 valence electrons. The topological polar surface area (TPSA) is 8.17 Å². The summed E-state index contributed by atoms with van der Waals surface area (Å²) in [7, 11) is 0. The van der Waals surface area contributed by atoms with Gasteiger partial charge in [0.15, 0.2) is 0 Å². The molecule has 0 radical (unpaired) electrons. The summed E-state index contributed by atoms with van der Waals surface area (Å²) in [5, 5.41) is 7.44. The second-order valence-electron chi connectivity index (χ2n) is 14.8. The largest absolute Gasteiger partial charge is 0.311 e. The van der Waals surface area contributed by atoms with E-state index in [0.29, 0.717) is 0 Å². The molecule has 2 nitrogen and oxygen atoms in total. The van der Waals surface area contributed by atoms with Crippen molar-refractivity contribution in [1.82, 2.24) is 4.57 Å². The van der Waals surface area contributed by atoms with Crippen LogP contribution in [0.3, 0.4) is 0 Å². The van der Waals surface area contributed by atoms with Crippen molar-refractivity contribution in [2.45, 2.75) is 0 Å². The van der Waals surface area contributed by atoms with Crippen LogP contribution in [0.2, 0.25) is 0 Å². The molecule has 0 saturated heterocycles. The van der Waals surface area contributed by atoms with E-state index in [0.717, 1.165) is 22.7 Å². The summed E-state index contributed by atoms with van der Waals surface area (Å²) in [4.78, 5) is 2.32. The number of hydrogen-bond acceptors (Lipinski definition) is 1. The van der Waals surface area contributed by atoms with Gasteiger partial charge in [0.2, 0.25) is 0 Å². The fourth-order valence-electron chi connectivity index (χ4n) is 9.12. The van der Waals surface area contributed by atoms with Crippen LogP contribution in [0.25, 0.3) is 82.4 Å². The third-order valence-electron chi connectivity index (χ3n) is 11.6. The Labute approximate surface area is 338 Å². The Morgan fingerprint density at radius 1 is 0.276 bits per heavy atom. The van der Waals surface area contributed by atoms with Gasteiger partial charge in [-0.1, -0.05) is 170 Å².